The van der Waals surface area contributed by atoms with E-state index in [1.165, 1.54) is 11.8 Å². The normalized spacial score (nSPS) is 14.5. The summed E-state index contributed by atoms with van der Waals surface area (Å²) in [7, 11) is 0. The predicted octanol–water partition coefficient (Wildman–Crippen LogP) is 0.322. The van der Waals surface area contributed by atoms with Gasteiger partial charge in [-0.15, -0.1) is 0 Å². The second-order valence-electron chi connectivity index (χ2n) is 5.52. The molecule has 1 aliphatic heterocycles. The molecule has 0 saturated carbocycles. The standard InChI is InChI=1S/C16H21ClN4O3/c1-12(22)21(6-5-18)16(24)15(23)20-9-7-19(8-10-20)14-4-2-3-13(17)11-14/h2-4,11H,5-10,18H2,1H3. The Balaban J connectivity index is 1.97. The lowest BCUT2D eigenvalue weighted by molar-refractivity contribution is -0.156. The number of imide groups is 1. The van der Waals surface area contributed by atoms with Gasteiger partial charge in [0.05, 0.1) is 0 Å². The van der Waals surface area contributed by atoms with Crippen molar-refractivity contribution >= 4 is 35.0 Å². The van der Waals surface area contributed by atoms with Crippen LogP contribution in [0.1, 0.15) is 6.92 Å². The summed E-state index contributed by atoms with van der Waals surface area (Å²) in [5, 5.41) is 0.653. The fourth-order valence-electron chi connectivity index (χ4n) is 2.62. The number of nitrogens with zero attached hydrogens (tertiary/aromatic N) is 3. The second kappa shape index (κ2) is 8.12. The van der Waals surface area contributed by atoms with Gasteiger partial charge in [-0.25, -0.2) is 0 Å². The molecule has 1 aromatic carbocycles. The van der Waals surface area contributed by atoms with Gasteiger partial charge in [0.2, 0.25) is 5.91 Å². The van der Waals surface area contributed by atoms with Crippen molar-refractivity contribution in [3.05, 3.63) is 29.3 Å². The van der Waals surface area contributed by atoms with Crippen LogP contribution in [0.5, 0.6) is 0 Å². The maximum Gasteiger partial charge on any atom is 0.318 e. The minimum Gasteiger partial charge on any atom is -0.368 e. The molecule has 24 heavy (non-hydrogen) atoms. The molecule has 1 aromatic rings. The topological polar surface area (TPSA) is 86.9 Å². The third-order valence-corrected chi connectivity index (χ3v) is 4.14. The smallest absolute Gasteiger partial charge is 0.318 e. The maximum atomic E-state index is 12.3. The van der Waals surface area contributed by atoms with E-state index >= 15 is 0 Å². The van der Waals surface area contributed by atoms with Crippen LogP contribution >= 0.6 is 11.6 Å². The van der Waals surface area contributed by atoms with Crippen LogP contribution in [0.3, 0.4) is 0 Å². The van der Waals surface area contributed by atoms with E-state index in [0.29, 0.717) is 31.2 Å². The monoisotopic (exact) mass is 352 g/mol. The van der Waals surface area contributed by atoms with Crippen LogP contribution in [0.25, 0.3) is 0 Å². The van der Waals surface area contributed by atoms with Crippen LogP contribution in [-0.4, -0.2) is 66.8 Å². The molecule has 1 aliphatic rings. The van der Waals surface area contributed by atoms with E-state index in [2.05, 4.69) is 4.90 Å². The molecular formula is C16H21ClN4O3. The third kappa shape index (κ3) is 4.24. The van der Waals surface area contributed by atoms with Gasteiger partial charge >= 0.3 is 11.8 Å². The lowest BCUT2D eigenvalue weighted by atomic mass is 10.2. The van der Waals surface area contributed by atoms with Gasteiger partial charge in [0.1, 0.15) is 0 Å². The fraction of sp³-hybridized carbons (Fsp3) is 0.438. The minimum atomic E-state index is -0.816. The predicted molar refractivity (Wildman–Crippen MR) is 91.7 cm³/mol. The van der Waals surface area contributed by atoms with Gasteiger partial charge in [-0.3, -0.25) is 19.3 Å². The van der Waals surface area contributed by atoms with Crippen molar-refractivity contribution in [1.82, 2.24) is 9.80 Å². The molecule has 2 rings (SSSR count). The summed E-state index contributed by atoms with van der Waals surface area (Å²) in [5.41, 5.74) is 6.37. The Morgan fingerprint density at radius 3 is 2.42 bits per heavy atom. The molecule has 1 fully saturated rings. The molecule has 0 aliphatic carbocycles. The van der Waals surface area contributed by atoms with Crippen molar-refractivity contribution in [2.75, 3.05) is 44.2 Å². The first-order valence-electron chi connectivity index (χ1n) is 7.76. The highest BCUT2D eigenvalue weighted by molar-refractivity contribution is 6.37. The second-order valence-corrected chi connectivity index (χ2v) is 5.96. The first kappa shape index (κ1) is 18.2. The number of anilines is 1. The Kier molecular flexibility index (Phi) is 6.16. The minimum absolute atomic E-state index is 0.0440. The summed E-state index contributed by atoms with van der Waals surface area (Å²) in [6.07, 6.45) is 0. The van der Waals surface area contributed by atoms with Gasteiger partial charge in [-0.1, -0.05) is 17.7 Å². The molecule has 1 heterocycles. The zero-order valence-electron chi connectivity index (χ0n) is 13.6. The number of hydrogen-bond acceptors (Lipinski definition) is 5. The average molecular weight is 353 g/mol. The molecule has 8 heteroatoms. The molecule has 130 valence electrons. The lowest BCUT2D eigenvalue weighted by Gasteiger charge is -2.36. The van der Waals surface area contributed by atoms with E-state index < -0.39 is 17.7 Å². The van der Waals surface area contributed by atoms with E-state index in [-0.39, 0.29) is 13.1 Å². The third-order valence-electron chi connectivity index (χ3n) is 3.90. The molecule has 2 N–H and O–H groups in total. The number of piperazine rings is 1. The van der Waals surface area contributed by atoms with Crippen molar-refractivity contribution in [2.24, 2.45) is 5.73 Å². The SMILES string of the molecule is CC(=O)N(CCN)C(=O)C(=O)N1CCN(c2cccc(Cl)c2)CC1. The number of rotatable bonds is 3. The van der Waals surface area contributed by atoms with Gasteiger partial charge in [0.15, 0.2) is 0 Å². The Hall–Kier alpha value is -2.12. The molecular weight excluding hydrogens is 332 g/mol. The van der Waals surface area contributed by atoms with Crippen LogP contribution in [0.2, 0.25) is 5.02 Å². The van der Waals surface area contributed by atoms with Gasteiger partial charge in [-0.05, 0) is 18.2 Å². The van der Waals surface area contributed by atoms with E-state index in [1.54, 1.807) is 6.07 Å². The quantitative estimate of drug-likeness (QED) is 0.792. The van der Waals surface area contributed by atoms with Gasteiger partial charge in [-0.2, -0.15) is 0 Å². The first-order valence-corrected chi connectivity index (χ1v) is 8.13. The highest BCUT2D eigenvalue weighted by Crippen LogP contribution is 2.20. The van der Waals surface area contributed by atoms with Crippen LogP contribution in [0, 0.1) is 0 Å². The largest absolute Gasteiger partial charge is 0.368 e. The summed E-state index contributed by atoms with van der Waals surface area (Å²) >= 11 is 6.00. The van der Waals surface area contributed by atoms with E-state index in [1.807, 2.05) is 18.2 Å². The molecule has 3 amide bonds. The van der Waals surface area contributed by atoms with Crippen LogP contribution in [0.4, 0.5) is 5.69 Å². The number of amides is 3. The summed E-state index contributed by atoms with van der Waals surface area (Å²) in [4.78, 5) is 40.5. The molecule has 0 bridgehead atoms. The number of hydrogen-bond donors (Lipinski definition) is 1. The summed E-state index contributed by atoms with van der Waals surface area (Å²) in [6, 6.07) is 7.49. The number of carbonyl (C=O) groups is 3. The summed E-state index contributed by atoms with van der Waals surface area (Å²) < 4.78 is 0. The Morgan fingerprint density at radius 2 is 1.88 bits per heavy atom. The average Bonchev–Trinajstić information content (AvgIpc) is 2.58. The summed E-state index contributed by atoms with van der Waals surface area (Å²) in [5.74, 6) is -1.95. The number of benzene rings is 1. The van der Waals surface area contributed by atoms with E-state index in [9.17, 15) is 14.4 Å². The Bertz CT molecular complexity index is 630. The molecule has 0 atom stereocenters. The molecule has 0 spiro atoms. The van der Waals surface area contributed by atoms with Crippen LogP contribution < -0.4 is 10.6 Å². The molecule has 7 nitrogen and oxygen atoms in total. The van der Waals surface area contributed by atoms with Crippen molar-refractivity contribution in [1.29, 1.82) is 0 Å². The molecule has 1 saturated heterocycles. The Labute approximate surface area is 145 Å². The van der Waals surface area contributed by atoms with Crippen LogP contribution in [-0.2, 0) is 14.4 Å². The molecule has 0 unspecified atom stereocenters. The highest BCUT2D eigenvalue weighted by atomic mass is 35.5. The number of halogens is 1. The van der Waals surface area contributed by atoms with Gasteiger partial charge in [0.25, 0.3) is 0 Å². The van der Waals surface area contributed by atoms with Crippen molar-refractivity contribution in [2.45, 2.75) is 6.92 Å². The van der Waals surface area contributed by atoms with Crippen molar-refractivity contribution < 1.29 is 14.4 Å². The number of carbonyl (C=O) groups excluding carboxylic acids is 3. The maximum absolute atomic E-state index is 12.3. The lowest BCUT2D eigenvalue weighted by Crippen LogP contribution is -2.54. The molecule has 0 aromatic heterocycles. The van der Waals surface area contributed by atoms with Gasteiger partial charge in [0, 0.05) is 56.9 Å². The van der Waals surface area contributed by atoms with E-state index in [0.717, 1.165) is 10.6 Å². The summed E-state index contributed by atoms with van der Waals surface area (Å²) in [6.45, 7) is 3.42. The fourth-order valence-corrected chi connectivity index (χ4v) is 2.81. The molecule has 0 radical (unpaired) electrons. The Morgan fingerprint density at radius 1 is 1.21 bits per heavy atom. The van der Waals surface area contributed by atoms with Crippen LogP contribution in [0.15, 0.2) is 24.3 Å². The first-order chi connectivity index (χ1) is 11.4. The highest BCUT2D eigenvalue weighted by Gasteiger charge is 2.31. The van der Waals surface area contributed by atoms with E-state index in [4.69, 9.17) is 17.3 Å². The van der Waals surface area contributed by atoms with Gasteiger partial charge < -0.3 is 15.5 Å². The zero-order chi connectivity index (χ0) is 17.7. The van der Waals surface area contributed by atoms with Crippen molar-refractivity contribution in [3.8, 4) is 0 Å². The number of nitrogens with two attached hydrogens (primary N) is 1. The van der Waals surface area contributed by atoms with Crippen molar-refractivity contribution in [3.63, 3.8) is 0 Å². The zero-order valence-corrected chi connectivity index (χ0v) is 14.3.